The molecule has 0 bridgehead atoms. The molecule has 1 aliphatic rings. The van der Waals surface area contributed by atoms with Gasteiger partial charge < -0.3 is 4.98 Å². The zero-order valence-electron chi connectivity index (χ0n) is 10.5. The summed E-state index contributed by atoms with van der Waals surface area (Å²) in [4.78, 5) is 3.39. The average molecular weight is 222 g/mol. The minimum atomic E-state index is 1.26. The zero-order valence-corrected chi connectivity index (χ0v) is 10.5. The van der Waals surface area contributed by atoms with Gasteiger partial charge in [-0.25, -0.2) is 0 Å². The molecule has 1 aromatic carbocycles. The van der Waals surface area contributed by atoms with Crippen LogP contribution >= 0.6 is 0 Å². The Morgan fingerprint density at radius 2 is 1.76 bits per heavy atom. The number of benzene rings is 1. The molecule has 0 unspecified atom stereocenters. The highest BCUT2D eigenvalue weighted by Crippen LogP contribution is 2.40. The van der Waals surface area contributed by atoms with Gasteiger partial charge in [0.25, 0.3) is 0 Å². The number of fused-ring (bicyclic) bond motifs is 1. The third-order valence-corrected chi connectivity index (χ3v) is 3.74. The Hall–Kier alpha value is -1.76. The summed E-state index contributed by atoms with van der Waals surface area (Å²) in [5.74, 6) is 0. The highest BCUT2D eigenvalue weighted by molar-refractivity contribution is 6.01. The Labute approximate surface area is 102 Å². The van der Waals surface area contributed by atoms with Crippen molar-refractivity contribution in [2.45, 2.75) is 20.8 Å². The molecule has 1 nitrogen and oxygen atoms in total. The quantitative estimate of drug-likeness (QED) is 0.746. The van der Waals surface area contributed by atoms with Gasteiger partial charge in [0, 0.05) is 18.3 Å². The number of hydrogen-bond donors (Lipinski definition) is 1. The van der Waals surface area contributed by atoms with E-state index in [-0.39, 0.29) is 0 Å². The SMILES string of the molecule is CC1=C(c2[nH]cc(C)c2C)[CH]c2ccccc21. The molecule has 2 aromatic rings. The number of allylic oxidation sites excluding steroid dienone is 2. The summed E-state index contributed by atoms with van der Waals surface area (Å²) in [5.41, 5.74) is 9.31. The van der Waals surface area contributed by atoms with E-state index in [9.17, 15) is 0 Å². The standard InChI is InChI=1S/C16H16N/c1-10-9-17-16(11(10)2)15-8-13-6-4-5-7-14(13)12(15)3/h4-9,17H,1-3H3. The van der Waals surface area contributed by atoms with Crippen molar-refractivity contribution in [1.82, 2.24) is 4.98 Å². The number of H-pyrrole nitrogens is 1. The van der Waals surface area contributed by atoms with E-state index in [1.54, 1.807) is 0 Å². The third kappa shape index (κ3) is 1.46. The monoisotopic (exact) mass is 222 g/mol. The second-order valence-corrected chi connectivity index (χ2v) is 4.74. The van der Waals surface area contributed by atoms with Crippen molar-refractivity contribution in [3.05, 3.63) is 64.8 Å². The van der Waals surface area contributed by atoms with Crippen LogP contribution in [-0.4, -0.2) is 4.98 Å². The van der Waals surface area contributed by atoms with Gasteiger partial charge in [-0.3, -0.25) is 0 Å². The van der Waals surface area contributed by atoms with Crippen LogP contribution in [0, 0.1) is 20.3 Å². The summed E-state index contributed by atoms with van der Waals surface area (Å²) in [6.45, 7) is 6.53. The van der Waals surface area contributed by atoms with E-state index in [0.717, 1.165) is 0 Å². The van der Waals surface area contributed by atoms with Gasteiger partial charge in [-0.05, 0) is 54.2 Å². The first-order chi connectivity index (χ1) is 8.18. The molecular formula is C16H16N. The van der Waals surface area contributed by atoms with Crippen LogP contribution < -0.4 is 0 Å². The van der Waals surface area contributed by atoms with Gasteiger partial charge in [-0.15, -0.1) is 0 Å². The summed E-state index contributed by atoms with van der Waals surface area (Å²) in [6, 6.07) is 8.57. The van der Waals surface area contributed by atoms with Crippen LogP contribution in [0.1, 0.15) is 34.9 Å². The van der Waals surface area contributed by atoms with E-state index in [1.807, 2.05) is 0 Å². The van der Waals surface area contributed by atoms with Crippen molar-refractivity contribution >= 4 is 11.1 Å². The van der Waals surface area contributed by atoms with Gasteiger partial charge >= 0.3 is 0 Å². The fourth-order valence-corrected chi connectivity index (χ4v) is 2.51. The largest absolute Gasteiger partial charge is 0.361 e. The van der Waals surface area contributed by atoms with Crippen LogP contribution in [0.3, 0.4) is 0 Å². The van der Waals surface area contributed by atoms with E-state index in [4.69, 9.17) is 0 Å². The normalized spacial score (nSPS) is 14.3. The lowest BCUT2D eigenvalue weighted by molar-refractivity contribution is 1.32. The summed E-state index contributed by atoms with van der Waals surface area (Å²) in [7, 11) is 0. The van der Waals surface area contributed by atoms with Crippen molar-refractivity contribution in [2.24, 2.45) is 0 Å². The maximum atomic E-state index is 3.39. The molecule has 0 spiro atoms. The Kier molecular flexibility index (Phi) is 2.22. The summed E-state index contributed by atoms with van der Waals surface area (Å²) in [5, 5.41) is 0. The predicted octanol–water partition coefficient (Wildman–Crippen LogP) is 4.13. The van der Waals surface area contributed by atoms with Gasteiger partial charge in [-0.1, -0.05) is 24.3 Å². The molecule has 1 aliphatic carbocycles. The molecule has 1 heterocycles. The third-order valence-electron chi connectivity index (χ3n) is 3.74. The minimum absolute atomic E-state index is 1.26. The molecule has 0 fully saturated rings. The van der Waals surface area contributed by atoms with Crippen molar-refractivity contribution < 1.29 is 0 Å². The zero-order chi connectivity index (χ0) is 12.0. The maximum absolute atomic E-state index is 3.39. The van der Waals surface area contributed by atoms with Gasteiger partial charge in [0.2, 0.25) is 0 Å². The van der Waals surface area contributed by atoms with Crippen molar-refractivity contribution in [1.29, 1.82) is 0 Å². The van der Waals surface area contributed by atoms with Gasteiger partial charge in [-0.2, -0.15) is 0 Å². The number of aryl methyl sites for hydroxylation is 1. The molecule has 1 N–H and O–H groups in total. The second kappa shape index (κ2) is 3.63. The van der Waals surface area contributed by atoms with E-state index < -0.39 is 0 Å². The Morgan fingerprint density at radius 1 is 1.00 bits per heavy atom. The van der Waals surface area contributed by atoms with Crippen LogP contribution in [0.5, 0.6) is 0 Å². The lowest BCUT2D eigenvalue weighted by atomic mass is 10.0. The molecule has 85 valence electrons. The molecule has 1 heteroatoms. The molecule has 3 rings (SSSR count). The summed E-state index contributed by atoms with van der Waals surface area (Å²) < 4.78 is 0. The molecule has 1 radical (unpaired) electrons. The lowest BCUT2D eigenvalue weighted by Gasteiger charge is -2.03. The predicted molar refractivity (Wildman–Crippen MR) is 72.6 cm³/mol. The minimum Gasteiger partial charge on any atom is -0.361 e. The van der Waals surface area contributed by atoms with Crippen LogP contribution in [0.25, 0.3) is 11.1 Å². The smallest absolute Gasteiger partial charge is 0.0454 e. The van der Waals surface area contributed by atoms with Crippen molar-refractivity contribution in [3.8, 4) is 0 Å². The number of hydrogen-bond acceptors (Lipinski definition) is 0. The second-order valence-electron chi connectivity index (χ2n) is 4.74. The maximum Gasteiger partial charge on any atom is 0.0454 e. The van der Waals surface area contributed by atoms with Gasteiger partial charge in [0.05, 0.1) is 0 Å². The fourth-order valence-electron chi connectivity index (χ4n) is 2.51. The number of aromatic amines is 1. The number of rotatable bonds is 1. The summed E-state index contributed by atoms with van der Waals surface area (Å²) >= 11 is 0. The molecule has 17 heavy (non-hydrogen) atoms. The number of nitrogens with one attached hydrogen (secondary N) is 1. The van der Waals surface area contributed by atoms with E-state index in [1.165, 1.54) is 39.1 Å². The van der Waals surface area contributed by atoms with Crippen LogP contribution in [-0.2, 0) is 0 Å². The van der Waals surface area contributed by atoms with E-state index in [0.29, 0.717) is 0 Å². The fraction of sp³-hybridized carbons (Fsp3) is 0.188. The van der Waals surface area contributed by atoms with Crippen molar-refractivity contribution in [3.63, 3.8) is 0 Å². The molecule has 0 saturated heterocycles. The Morgan fingerprint density at radius 3 is 2.41 bits per heavy atom. The molecule has 0 aliphatic heterocycles. The highest BCUT2D eigenvalue weighted by Gasteiger charge is 2.21. The average Bonchev–Trinajstić information content (AvgIpc) is 2.83. The summed E-state index contributed by atoms with van der Waals surface area (Å²) in [6.07, 6.45) is 4.37. The molecule has 0 saturated carbocycles. The van der Waals surface area contributed by atoms with Crippen LogP contribution in [0.2, 0.25) is 0 Å². The molecule has 0 atom stereocenters. The molecule has 1 aromatic heterocycles. The Balaban J connectivity index is 2.14. The first kappa shape index (κ1) is 10.4. The first-order valence-electron chi connectivity index (χ1n) is 5.98. The lowest BCUT2D eigenvalue weighted by Crippen LogP contribution is -1.87. The number of aromatic nitrogens is 1. The highest BCUT2D eigenvalue weighted by atomic mass is 14.7. The molecule has 0 amide bonds. The topological polar surface area (TPSA) is 15.8 Å². The van der Waals surface area contributed by atoms with E-state index >= 15 is 0 Å². The van der Waals surface area contributed by atoms with Crippen molar-refractivity contribution in [2.75, 3.05) is 0 Å². The Bertz CT molecular complexity index is 614. The van der Waals surface area contributed by atoms with Crippen LogP contribution in [0.15, 0.2) is 30.5 Å². The van der Waals surface area contributed by atoms with Crippen LogP contribution in [0.4, 0.5) is 0 Å². The van der Waals surface area contributed by atoms with E-state index in [2.05, 4.69) is 62.6 Å². The first-order valence-corrected chi connectivity index (χ1v) is 5.98. The van der Waals surface area contributed by atoms with Gasteiger partial charge in [0.1, 0.15) is 0 Å². The van der Waals surface area contributed by atoms with Gasteiger partial charge in [0.15, 0.2) is 0 Å². The molecular weight excluding hydrogens is 206 g/mol.